The van der Waals surface area contributed by atoms with Crippen molar-refractivity contribution in [2.75, 3.05) is 26.4 Å². The first-order valence-corrected chi connectivity index (χ1v) is 22.9. The van der Waals surface area contributed by atoms with Crippen molar-refractivity contribution in [2.45, 2.75) is 154 Å². The molecule has 0 amide bonds. The maximum atomic E-state index is 12.6. The van der Waals surface area contributed by atoms with Crippen molar-refractivity contribution >= 4 is 19.8 Å². The lowest BCUT2D eigenvalue weighted by Gasteiger charge is -2.20. The zero-order chi connectivity index (χ0) is 43.7. The molecule has 0 radical (unpaired) electrons. The fourth-order valence-electron chi connectivity index (χ4n) is 5.02. The summed E-state index contributed by atoms with van der Waals surface area (Å²) in [6.07, 6.45) is 41.6. The number of phosphoric acid groups is 1. The van der Waals surface area contributed by atoms with Crippen molar-refractivity contribution in [1.29, 1.82) is 0 Å². The van der Waals surface area contributed by atoms with Crippen molar-refractivity contribution in [1.82, 2.24) is 0 Å². The van der Waals surface area contributed by atoms with Crippen LogP contribution in [0.2, 0.25) is 0 Å². The van der Waals surface area contributed by atoms with Gasteiger partial charge >= 0.3 is 19.8 Å². The minimum Gasteiger partial charge on any atom is -0.462 e. The molecule has 0 fully saturated rings. The molecule has 0 aromatic rings. The van der Waals surface area contributed by atoms with Gasteiger partial charge in [0, 0.05) is 12.8 Å². The minimum absolute atomic E-state index is 0.0815. The van der Waals surface area contributed by atoms with E-state index in [0.29, 0.717) is 19.3 Å². The van der Waals surface area contributed by atoms with Gasteiger partial charge in [0.1, 0.15) is 12.7 Å². The van der Waals surface area contributed by atoms with Gasteiger partial charge in [0.05, 0.1) is 32.0 Å². The molecule has 0 aliphatic heterocycles. The number of hydrogen-bond acceptors (Lipinski definition) is 11. The van der Waals surface area contributed by atoms with Gasteiger partial charge in [-0.05, 0) is 70.6 Å². The lowest BCUT2D eigenvalue weighted by molar-refractivity contribution is -0.161. The van der Waals surface area contributed by atoms with Gasteiger partial charge in [-0.2, -0.15) is 0 Å². The second-order valence-corrected chi connectivity index (χ2v) is 15.5. The molecule has 59 heavy (non-hydrogen) atoms. The van der Waals surface area contributed by atoms with Gasteiger partial charge in [-0.1, -0.05) is 143 Å². The molecule has 0 saturated carbocycles. The van der Waals surface area contributed by atoms with E-state index in [2.05, 4.69) is 54.8 Å². The SMILES string of the molecule is CCCCC/C=C\C/C=C\C/C=C\C/C=C\CCCC(=O)OC[C@H](COP(=O)(O)OC[C@@H](O)CO)OC(=O)CCC[C@H](O)/C=C/C=C\C/C=C\C=C\[C@H](O)CCCCC. The standard InChI is InChI=1S/C46H75O12P/c1-3-5-7-8-9-10-11-12-13-14-15-16-17-18-22-25-29-35-45(51)55-39-44(40-57-59(53,54)56-38-43(50)37-47)58-46(52)36-30-34-42(49)33-28-24-21-19-20-23-27-32-41(48)31-26-6-4-2/h9-10,12-13,15-16,18,20-24,27-28,32-33,41-44,47-50H,3-8,11,14,17,19,25-26,29-31,34-40H2,1-2H3,(H,53,54)/b10-9-,13-12-,16-15-,22-18-,23-20-,24-21-,32-27+,33-28+/t41-,42-,43+,44-/m1/s1. The molecule has 12 nitrogen and oxygen atoms in total. The predicted molar refractivity (Wildman–Crippen MR) is 235 cm³/mol. The maximum absolute atomic E-state index is 12.6. The third-order valence-electron chi connectivity index (χ3n) is 8.42. The van der Waals surface area contributed by atoms with Crippen molar-refractivity contribution in [3.63, 3.8) is 0 Å². The average molecular weight is 851 g/mol. The number of unbranched alkanes of at least 4 members (excludes halogenated alkanes) is 6. The lowest BCUT2D eigenvalue weighted by atomic mass is 10.1. The topological polar surface area (TPSA) is 189 Å². The van der Waals surface area contributed by atoms with Crippen LogP contribution in [0.3, 0.4) is 0 Å². The highest BCUT2D eigenvalue weighted by Crippen LogP contribution is 2.43. The van der Waals surface area contributed by atoms with E-state index in [1.165, 1.54) is 19.3 Å². The number of hydrogen-bond donors (Lipinski definition) is 5. The van der Waals surface area contributed by atoms with Crippen molar-refractivity contribution < 1.29 is 58.0 Å². The van der Waals surface area contributed by atoms with Crippen LogP contribution in [0.25, 0.3) is 0 Å². The Morgan fingerprint density at radius 1 is 0.576 bits per heavy atom. The molecule has 336 valence electrons. The number of aliphatic hydroxyl groups is 4. The molecule has 0 aromatic carbocycles. The zero-order valence-corrected chi connectivity index (χ0v) is 36.5. The summed E-state index contributed by atoms with van der Waals surface area (Å²) < 4.78 is 32.4. The van der Waals surface area contributed by atoms with Gasteiger partial charge in [-0.3, -0.25) is 18.6 Å². The maximum Gasteiger partial charge on any atom is 0.472 e. The van der Waals surface area contributed by atoms with E-state index in [9.17, 15) is 34.4 Å². The molecule has 1 unspecified atom stereocenters. The van der Waals surface area contributed by atoms with Gasteiger partial charge in [-0.15, -0.1) is 0 Å². The van der Waals surface area contributed by atoms with E-state index >= 15 is 0 Å². The van der Waals surface area contributed by atoms with E-state index in [-0.39, 0.29) is 25.7 Å². The summed E-state index contributed by atoms with van der Waals surface area (Å²) in [5.74, 6) is -1.23. The predicted octanol–water partition coefficient (Wildman–Crippen LogP) is 9.16. The lowest BCUT2D eigenvalue weighted by Crippen LogP contribution is -2.30. The summed E-state index contributed by atoms with van der Waals surface area (Å²) in [4.78, 5) is 35.0. The highest BCUT2D eigenvalue weighted by molar-refractivity contribution is 7.47. The summed E-state index contributed by atoms with van der Waals surface area (Å²) in [5.41, 5.74) is 0. The molecular formula is C46H75O12P. The Balaban J connectivity index is 4.67. The normalized spacial score (nSPS) is 15.8. The molecular weight excluding hydrogens is 775 g/mol. The van der Waals surface area contributed by atoms with Crippen LogP contribution < -0.4 is 0 Å². The smallest absolute Gasteiger partial charge is 0.462 e. The van der Waals surface area contributed by atoms with Gasteiger partial charge in [-0.25, -0.2) is 4.57 Å². The molecule has 0 aliphatic rings. The quantitative estimate of drug-likeness (QED) is 0.0130. The molecule has 5 N–H and O–H groups in total. The molecule has 0 bridgehead atoms. The van der Waals surface area contributed by atoms with Crippen LogP contribution in [0.4, 0.5) is 0 Å². The van der Waals surface area contributed by atoms with Crippen LogP contribution in [0.1, 0.15) is 129 Å². The van der Waals surface area contributed by atoms with Crippen LogP contribution in [0.15, 0.2) is 97.2 Å². The number of ether oxygens (including phenoxy) is 2. The minimum atomic E-state index is -4.70. The van der Waals surface area contributed by atoms with Crippen LogP contribution in [0.5, 0.6) is 0 Å². The van der Waals surface area contributed by atoms with Gasteiger partial charge in [0.2, 0.25) is 0 Å². The summed E-state index contributed by atoms with van der Waals surface area (Å²) >= 11 is 0. The third kappa shape index (κ3) is 40.0. The number of rotatable bonds is 38. The fourth-order valence-corrected chi connectivity index (χ4v) is 5.81. The van der Waals surface area contributed by atoms with E-state index in [4.69, 9.17) is 19.1 Å². The monoisotopic (exact) mass is 850 g/mol. The number of allylic oxidation sites excluding steroid dienone is 14. The Morgan fingerprint density at radius 3 is 1.64 bits per heavy atom. The van der Waals surface area contributed by atoms with Gasteiger partial charge < -0.3 is 34.8 Å². The average Bonchev–Trinajstić information content (AvgIpc) is 3.21. The first-order valence-electron chi connectivity index (χ1n) is 21.4. The number of carbonyl (C=O) groups excluding carboxylic acids is 2. The Hall–Kier alpha value is -3.19. The Morgan fingerprint density at radius 2 is 1.07 bits per heavy atom. The number of esters is 2. The number of phosphoric ester groups is 1. The van der Waals surface area contributed by atoms with Crippen molar-refractivity contribution in [3.05, 3.63) is 97.2 Å². The second-order valence-electron chi connectivity index (χ2n) is 14.1. The fraction of sp³-hybridized carbons (Fsp3) is 0.609. The zero-order valence-electron chi connectivity index (χ0n) is 35.6. The molecule has 0 aliphatic carbocycles. The van der Waals surface area contributed by atoms with Crippen LogP contribution in [0, 0.1) is 0 Å². The first kappa shape index (κ1) is 55.8. The molecule has 0 rings (SSSR count). The Labute approximate surface area is 354 Å². The van der Waals surface area contributed by atoms with E-state index in [1.807, 2.05) is 36.5 Å². The van der Waals surface area contributed by atoms with E-state index < -0.39 is 70.6 Å². The summed E-state index contributed by atoms with van der Waals surface area (Å²) in [5, 5.41) is 38.5. The van der Waals surface area contributed by atoms with Crippen LogP contribution in [-0.4, -0.2) is 88.1 Å². The van der Waals surface area contributed by atoms with E-state index in [1.54, 1.807) is 24.3 Å². The van der Waals surface area contributed by atoms with Crippen molar-refractivity contribution in [3.8, 4) is 0 Å². The number of aliphatic hydroxyl groups excluding tert-OH is 4. The Bertz CT molecular complexity index is 1330. The van der Waals surface area contributed by atoms with Gasteiger partial charge in [0.25, 0.3) is 0 Å². The molecule has 0 aromatic heterocycles. The van der Waals surface area contributed by atoms with E-state index in [0.717, 1.165) is 51.4 Å². The highest BCUT2D eigenvalue weighted by atomic mass is 31.2. The summed E-state index contributed by atoms with van der Waals surface area (Å²) in [7, 11) is -4.70. The molecule has 0 heterocycles. The second kappa shape index (κ2) is 40.2. The van der Waals surface area contributed by atoms with Crippen LogP contribution >= 0.6 is 7.82 Å². The summed E-state index contributed by atoms with van der Waals surface area (Å²) in [6.45, 7) is 1.89. The summed E-state index contributed by atoms with van der Waals surface area (Å²) in [6, 6.07) is 0. The molecule has 13 heteroatoms. The number of carbonyl (C=O) groups is 2. The van der Waals surface area contributed by atoms with Crippen LogP contribution in [-0.2, 0) is 32.7 Å². The van der Waals surface area contributed by atoms with Gasteiger partial charge in [0.15, 0.2) is 6.10 Å². The Kier molecular flexibility index (Phi) is 38.1. The van der Waals surface area contributed by atoms with Crippen molar-refractivity contribution in [2.24, 2.45) is 0 Å². The molecule has 0 spiro atoms. The third-order valence-corrected chi connectivity index (χ3v) is 9.37. The largest absolute Gasteiger partial charge is 0.472 e. The first-order chi connectivity index (χ1) is 28.5. The highest BCUT2D eigenvalue weighted by Gasteiger charge is 2.27. The molecule has 5 atom stereocenters. The molecule has 0 saturated heterocycles.